The molecule has 1 saturated heterocycles. The maximum Gasteiger partial charge on any atom is 0.229 e. The number of benzene rings is 1. The van der Waals surface area contributed by atoms with E-state index in [1.54, 1.807) is 11.0 Å². The predicted molar refractivity (Wildman–Crippen MR) is 79.3 cm³/mol. The molecule has 2 unspecified atom stereocenters. The quantitative estimate of drug-likeness (QED) is 0.870. The standard InChI is InChI=1S/C16H23FN2O2/c1-3-18-15-11-21-10-14(15)16(20)19(4-2)9-12-6-5-7-13(17)8-12/h5-8,14-15,18H,3-4,9-11H2,1-2H3. The van der Waals surface area contributed by atoms with Crippen molar-refractivity contribution in [1.29, 1.82) is 0 Å². The third kappa shape index (κ3) is 4.02. The van der Waals surface area contributed by atoms with Gasteiger partial charge in [-0.05, 0) is 31.2 Å². The van der Waals surface area contributed by atoms with Gasteiger partial charge in [0.2, 0.25) is 5.91 Å². The Morgan fingerprint density at radius 1 is 1.43 bits per heavy atom. The summed E-state index contributed by atoms with van der Waals surface area (Å²) in [6.45, 7) is 6.83. The molecule has 1 aliphatic rings. The molecule has 0 aromatic heterocycles. The summed E-state index contributed by atoms with van der Waals surface area (Å²) in [5.41, 5.74) is 0.809. The number of amides is 1. The van der Waals surface area contributed by atoms with Gasteiger partial charge in [-0.2, -0.15) is 0 Å². The van der Waals surface area contributed by atoms with Gasteiger partial charge >= 0.3 is 0 Å². The molecule has 0 bridgehead atoms. The maximum atomic E-state index is 13.3. The SMILES string of the molecule is CCNC1COCC1C(=O)N(CC)Cc1cccc(F)c1. The first kappa shape index (κ1) is 15.9. The molecule has 0 saturated carbocycles. The summed E-state index contributed by atoms with van der Waals surface area (Å²) in [6.07, 6.45) is 0. The molecule has 2 rings (SSSR count). The molecular formula is C16H23FN2O2. The van der Waals surface area contributed by atoms with Crippen molar-refractivity contribution in [1.82, 2.24) is 10.2 Å². The van der Waals surface area contributed by atoms with Crippen molar-refractivity contribution in [3.05, 3.63) is 35.6 Å². The maximum absolute atomic E-state index is 13.3. The van der Waals surface area contributed by atoms with E-state index < -0.39 is 0 Å². The number of nitrogens with one attached hydrogen (secondary N) is 1. The van der Waals surface area contributed by atoms with E-state index in [0.717, 1.165) is 12.1 Å². The van der Waals surface area contributed by atoms with E-state index in [9.17, 15) is 9.18 Å². The minimum Gasteiger partial charge on any atom is -0.379 e. The van der Waals surface area contributed by atoms with E-state index in [2.05, 4.69) is 5.32 Å². The van der Waals surface area contributed by atoms with E-state index in [0.29, 0.717) is 26.3 Å². The van der Waals surface area contributed by atoms with Crippen molar-refractivity contribution in [2.24, 2.45) is 5.92 Å². The van der Waals surface area contributed by atoms with Crippen LogP contribution in [0.2, 0.25) is 0 Å². The van der Waals surface area contributed by atoms with Gasteiger partial charge in [-0.15, -0.1) is 0 Å². The molecule has 0 aliphatic carbocycles. The lowest BCUT2D eigenvalue weighted by Crippen LogP contribution is -2.45. The molecule has 1 heterocycles. The predicted octanol–water partition coefficient (Wildman–Crippen LogP) is 1.80. The Hall–Kier alpha value is -1.46. The summed E-state index contributed by atoms with van der Waals surface area (Å²) in [7, 11) is 0. The van der Waals surface area contributed by atoms with Crippen LogP contribution < -0.4 is 5.32 Å². The topological polar surface area (TPSA) is 41.6 Å². The molecule has 1 amide bonds. The molecule has 1 aromatic carbocycles. The summed E-state index contributed by atoms with van der Waals surface area (Å²) < 4.78 is 18.7. The molecule has 1 aliphatic heterocycles. The minimum absolute atomic E-state index is 0.0732. The number of hydrogen-bond donors (Lipinski definition) is 1. The van der Waals surface area contributed by atoms with E-state index in [-0.39, 0.29) is 23.7 Å². The summed E-state index contributed by atoms with van der Waals surface area (Å²) in [4.78, 5) is 14.4. The van der Waals surface area contributed by atoms with Crippen LogP contribution in [0.25, 0.3) is 0 Å². The van der Waals surface area contributed by atoms with Gasteiger partial charge in [0.25, 0.3) is 0 Å². The van der Waals surface area contributed by atoms with E-state index in [4.69, 9.17) is 4.74 Å². The lowest BCUT2D eigenvalue weighted by Gasteiger charge is -2.26. The number of likely N-dealkylation sites (N-methyl/N-ethyl adjacent to an activating group) is 1. The smallest absolute Gasteiger partial charge is 0.229 e. The van der Waals surface area contributed by atoms with Gasteiger partial charge in [-0.1, -0.05) is 19.1 Å². The van der Waals surface area contributed by atoms with Crippen molar-refractivity contribution >= 4 is 5.91 Å². The molecule has 0 radical (unpaired) electrons. The van der Waals surface area contributed by atoms with Gasteiger partial charge in [0.1, 0.15) is 5.82 Å². The lowest BCUT2D eigenvalue weighted by molar-refractivity contribution is -0.136. The number of ether oxygens (including phenoxy) is 1. The van der Waals surface area contributed by atoms with Crippen LogP contribution in [0, 0.1) is 11.7 Å². The summed E-state index contributed by atoms with van der Waals surface area (Å²) in [6, 6.07) is 6.47. The molecule has 1 aromatic rings. The molecule has 2 atom stereocenters. The summed E-state index contributed by atoms with van der Waals surface area (Å²) >= 11 is 0. The highest BCUT2D eigenvalue weighted by Crippen LogP contribution is 2.18. The van der Waals surface area contributed by atoms with Crippen LogP contribution in [0.1, 0.15) is 19.4 Å². The van der Waals surface area contributed by atoms with E-state index in [1.807, 2.05) is 19.9 Å². The summed E-state index contributed by atoms with van der Waals surface area (Å²) in [5.74, 6) is -0.352. The van der Waals surface area contributed by atoms with Gasteiger partial charge in [-0.25, -0.2) is 4.39 Å². The van der Waals surface area contributed by atoms with Crippen molar-refractivity contribution in [2.45, 2.75) is 26.4 Å². The van der Waals surface area contributed by atoms with Gasteiger partial charge in [-0.3, -0.25) is 4.79 Å². The van der Waals surface area contributed by atoms with Gasteiger partial charge in [0, 0.05) is 19.1 Å². The van der Waals surface area contributed by atoms with Crippen molar-refractivity contribution in [3.63, 3.8) is 0 Å². The fraction of sp³-hybridized carbons (Fsp3) is 0.562. The Bertz CT molecular complexity index is 481. The monoisotopic (exact) mass is 294 g/mol. The highest BCUT2D eigenvalue weighted by molar-refractivity contribution is 5.80. The van der Waals surface area contributed by atoms with E-state index in [1.165, 1.54) is 12.1 Å². The zero-order valence-electron chi connectivity index (χ0n) is 12.6. The van der Waals surface area contributed by atoms with Crippen LogP contribution >= 0.6 is 0 Å². The molecule has 4 nitrogen and oxygen atoms in total. The van der Waals surface area contributed by atoms with Gasteiger partial charge in [0.05, 0.1) is 19.1 Å². The first-order chi connectivity index (χ1) is 10.2. The van der Waals surface area contributed by atoms with Crippen molar-refractivity contribution < 1.29 is 13.9 Å². The number of hydrogen-bond acceptors (Lipinski definition) is 3. The van der Waals surface area contributed by atoms with Gasteiger partial charge < -0.3 is 15.0 Å². The van der Waals surface area contributed by atoms with Crippen LogP contribution in [0.3, 0.4) is 0 Å². The number of halogens is 1. The Morgan fingerprint density at radius 2 is 2.24 bits per heavy atom. The Labute approximate surface area is 125 Å². The van der Waals surface area contributed by atoms with Crippen LogP contribution in [-0.4, -0.2) is 43.2 Å². The molecule has 1 fully saturated rings. The fourth-order valence-electron chi connectivity index (χ4n) is 2.70. The van der Waals surface area contributed by atoms with Crippen molar-refractivity contribution in [3.8, 4) is 0 Å². The second kappa shape index (κ2) is 7.52. The average Bonchev–Trinajstić information content (AvgIpc) is 2.93. The number of nitrogens with zero attached hydrogens (tertiary/aromatic N) is 1. The number of carbonyl (C=O) groups excluding carboxylic acids is 1. The number of rotatable bonds is 6. The lowest BCUT2D eigenvalue weighted by atomic mass is 10.0. The highest BCUT2D eigenvalue weighted by Gasteiger charge is 2.35. The first-order valence-electron chi connectivity index (χ1n) is 7.50. The molecular weight excluding hydrogens is 271 g/mol. The molecule has 5 heteroatoms. The van der Waals surface area contributed by atoms with E-state index >= 15 is 0 Å². The largest absolute Gasteiger partial charge is 0.379 e. The average molecular weight is 294 g/mol. The van der Waals surface area contributed by atoms with Crippen molar-refractivity contribution in [2.75, 3.05) is 26.3 Å². The zero-order chi connectivity index (χ0) is 15.2. The third-order valence-electron chi connectivity index (χ3n) is 3.82. The summed E-state index contributed by atoms with van der Waals surface area (Å²) in [5, 5.41) is 3.29. The minimum atomic E-state index is -0.272. The number of carbonyl (C=O) groups is 1. The Balaban J connectivity index is 2.04. The first-order valence-corrected chi connectivity index (χ1v) is 7.50. The highest BCUT2D eigenvalue weighted by atomic mass is 19.1. The van der Waals surface area contributed by atoms with Crippen LogP contribution in [0.4, 0.5) is 4.39 Å². The second-order valence-electron chi connectivity index (χ2n) is 5.29. The zero-order valence-corrected chi connectivity index (χ0v) is 12.6. The second-order valence-corrected chi connectivity index (χ2v) is 5.29. The Kier molecular flexibility index (Phi) is 5.70. The third-order valence-corrected chi connectivity index (χ3v) is 3.82. The molecule has 116 valence electrons. The molecule has 21 heavy (non-hydrogen) atoms. The van der Waals surface area contributed by atoms with Crippen LogP contribution in [0.5, 0.6) is 0 Å². The van der Waals surface area contributed by atoms with Crippen LogP contribution in [-0.2, 0) is 16.1 Å². The Morgan fingerprint density at radius 3 is 2.90 bits per heavy atom. The molecule has 1 N–H and O–H groups in total. The molecule has 0 spiro atoms. The van der Waals surface area contributed by atoms with Gasteiger partial charge in [0.15, 0.2) is 0 Å². The van der Waals surface area contributed by atoms with Crippen LogP contribution in [0.15, 0.2) is 24.3 Å². The fourth-order valence-corrected chi connectivity index (χ4v) is 2.70. The normalized spacial score (nSPS) is 21.5.